The Balaban J connectivity index is 2.24. The molecule has 0 amide bonds. The maximum Gasteiger partial charge on any atom is 0.190 e. The van der Waals surface area contributed by atoms with Crippen LogP contribution in [0.25, 0.3) is 16.7 Å². The summed E-state index contributed by atoms with van der Waals surface area (Å²) < 4.78 is 3.26. The number of benzene rings is 2. The van der Waals surface area contributed by atoms with E-state index in [-0.39, 0.29) is 0 Å². The minimum Gasteiger partial charge on any atom is -0.286 e. The zero-order valence-corrected chi connectivity index (χ0v) is 20.2. The second kappa shape index (κ2) is 8.27. The molecule has 1 aromatic heterocycles. The minimum absolute atomic E-state index is 0.602. The summed E-state index contributed by atoms with van der Waals surface area (Å²) in [6.45, 7) is 14.1. The van der Waals surface area contributed by atoms with Gasteiger partial charge in [0.1, 0.15) is 8.07 Å². The van der Waals surface area contributed by atoms with Gasteiger partial charge in [0.05, 0.1) is 11.0 Å². The van der Waals surface area contributed by atoms with E-state index in [9.17, 15) is 0 Å². The van der Waals surface area contributed by atoms with Crippen molar-refractivity contribution in [3.8, 4) is 17.2 Å². The summed E-state index contributed by atoms with van der Waals surface area (Å²) in [6, 6.07) is 16.6. The Labute approximate surface area is 178 Å². The van der Waals surface area contributed by atoms with Crippen molar-refractivity contribution in [2.24, 2.45) is 0 Å². The number of hydrogen-bond donors (Lipinski definition) is 0. The Morgan fingerprint density at radius 1 is 0.857 bits per heavy atom. The van der Waals surface area contributed by atoms with Gasteiger partial charge < -0.3 is 0 Å². The van der Waals surface area contributed by atoms with Crippen LogP contribution < -0.4 is 0 Å². The van der Waals surface area contributed by atoms with Crippen LogP contribution >= 0.6 is 15.9 Å². The van der Waals surface area contributed by atoms with Gasteiger partial charge in [-0.1, -0.05) is 69.6 Å². The highest BCUT2D eigenvalue weighted by molar-refractivity contribution is 9.10. The highest BCUT2D eigenvalue weighted by atomic mass is 79.9. The summed E-state index contributed by atoms with van der Waals surface area (Å²) in [4.78, 5) is 4.89. The Bertz CT molecular complexity index is 998. The highest BCUT2D eigenvalue weighted by Gasteiger charge is 2.41. The Morgan fingerprint density at radius 3 is 2.00 bits per heavy atom. The molecule has 1 heterocycles. The van der Waals surface area contributed by atoms with Crippen molar-refractivity contribution in [2.75, 3.05) is 0 Å². The summed E-state index contributed by atoms with van der Waals surface area (Å²) in [6.07, 6.45) is 0. The van der Waals surface area contributed by atoms with Crippen LogP contribution in [0.3, 0.4) is 0 Å². The maximum absolute atomic E-state index is 4.89. The second-order valence-corrected chi connectivity index (χ2v) is 14.9. The molecular formula is C24H29BrN2Si. The normalized spacial score (nSPS) is 12.1. The Hall–Kier alpha value is -1.83. The second-order valence-electron chi connectivity index (χ2n) is 8.38. The number of aromatic nitrogens is 2. The Kier molecular flexibility index (Phi) is 6.17. The van der Waals surface area contributed by atoms with E-state index in [1.807, 2.05) is 6.07 Å². The molecule has 2 aromatic carbocycles. The lowest BCUT2D eigenvalue weighted by atomic mass is 10.3. The standard InChI is InChI=1S/C24H29BrN2Si/c1-17(2)28(18(3)4,19(5)6)16-15-24-26-22-9-7-8-10-23(22)27(24)21-13-11-20(25)12-14-21/h7-14,17-19H,1-6H3. The van der Waals surface area contributed by atoms with Crippen molar-refractivity contribution >= 4 is 35.0 Å². The van der Waals surface area contributed by atoms with Crippen LogP contribution in [0.4, 0.5) is 0 Å². The lowest BCUT2D eigenvalue weighted by Gasteiger charge is -2.38. The minimum atomic E-state index is -1.81. The van der Waals surface area contributed by atoms with E-state index in [1.54, 1.807) is 0 Å². The number of rotatable bonds is 4. The zero-order chi connectivity index (χ0) is 20.5. The Morgan fingerprint density at radius 2 is 1.43 bits per heavy atom. The van der Waals surface area contributed by atoms with Gasteiger partial charge in [0, 0.05) is 10.2 Å². The molecular weight excluding hydrogens is 424 g/mol. The van der Waals surface area contributed by atoms with Crippen molar-refractivity contribution in [2.45, 2.75) is 58.2 Å². The predicted octanol–water partition coefficient (Wildman–Crippen LogP) is 7.36. The van der Waals surface area contributed by atoms with Gasteiger partial charge >= 0.3 is 0 Å². The summed E-state index contributed by atoms with van der Waals surface area (Å²) in [5.74, 6) is 4.39. The molecule has 0 unspecified atom stereocenters. The number of para-hydroxylation sites is 2. The van der Waals surface area contributed by atoms with Crippen LogP contribution in [0, 0.1) is 11.5 Å². The van der Waals surface area contributed by atoms with Gasteiger partial charge in [0.2, 0.25) is 0 Å². The number of halogens is 1. The molecule has 0 spiro atoms. The predicted molar refractivity (Wildman–Crippen MR) is 127 cm³/mol. The molecule has 3 aromatic rings. The van der Waals surface area contributed by atoms with Gasteiger partial charge in [-0.05, 0) is 58.9 Å². The molecule has 0 N–H and O–H groups in total. The molecule has 0 aliphatic heterocycles. The summed E-state index contributed by atoms with van der Waals surface area (Å²) >= 11 is 3.53. The van der Waals surface area contributed by atoms with Crippen LogP contribution in [0.2, 0.25) is 16.6 Å². The van der Waals surface area contributed by atoms with Gasteiger partial charge in [0.25, 0.3) is 0 Å². The van der Waals surface area contributed by atoms with Crippen LogP contribution in [-0.2, 0) is 0 Å². The van der Waals surface area contributed by atoms with Gasteiger partial charge in [-0.15, -0.1) is 5.54 Å². The van der Waals surface area contributed by atoms with Crippen molar-refractivity contribution in [3.05, 3.63) is 58.8 Å². The number of nitrogens with zero attached hydrogens (tertiary/aromatic N) is 2. The molecule has 0 saturated heterocycles. The van der Waals surface area contributed by atoms with E-state index >= 15 is 0 Å². The molecule has 2 nitrogen and oxygen atoms in total. The molecule has 146 valence electrons. The van der Waals surface area contributed by atoms with Gasteiger partial charge in [-0.2, -0.15) is 0 Å². The number of imidazole rings is 1. The highest BCUT2D eigenvalue weighted by Crippen LogP contribution is 2.40. The molecule has 0 fully saturated rings. The van der Waals surface area contributed by atoms with E-state index in [0.717, 1.165) is 27.0 Å². The van der Waals surface area contributed by atoms with E-state index in [0.29, 0.717) is 16.6 Å². The zero-order valence-electron chi connectivity index (χ0n) is 17.6. The molecule has 4 heteroatoms. The third-order valence-electron chi connectivity index (χ3n) is 5.90. The largest absolute Gasteiger partial charge is 0.286 e. The van der Waals surface area contributed by atoms with E-state index in [2.05, 4.69) is 116 Å². The lowest BCUT2D eigenvalue weighted by Crippen LogP contribution is -2.43. The van der Waals surface area contributed by atoms with Gasteiger partial charge in [-0.25, -0.2) is 4.98 Å². The SMILES string of the molecule is CC(C)[Si](C#Cc1nc2ccccc2n1-c1ccc(Br)cc1)(C(C)C)C(C)C. The van der Waals surface area contributed by atoms with Crippen LogP contribution in [0.5, 0.6) is 0 Å². The van der Waals surface area contributed by atoms with Crippen molar-refractivity contribution < 1.29 is 0 Å². The summed E-state index contributed by atoms with van der Waals surface area (Å²) in [7, 11) is -1.81. The average Bonchev–Trinajstić information content (AvgIpc) is 3.00. The summed E-state index contributed by atoms with van der Waals surface area (Å²) in [5.41, 5.74) is 8.81. The molecule has 0 aliphatic rings. The summed E-state index contributed by atoms with van der Waals surface area (Å²) in [5, 5.41) is 0. The van der Waals surface area contributed by atoms with Gasteiger partial charge in [0.15, 0.2) is 5.82 Å². The number of hydrogen-bond acceptors (Lipinski definition) is 1. The van der Waals surface area contributed by atoms with E-state index in [1.165, 1.54) is 0 Å². The average molecular weight is 454 g/mol. The smallest absolute Gasteiger partial charge is 0.190 e. The lowest BCUT2D eigenvalue weighted by molar-refractivity contribution is 0.838. The fraction of sp³-hybridized carbons (Fsp3) is 0.375. The molecule has 0 radical (unpaired) electrons. The molecule has 0 atom stereocenters. The molecule has 0 bridgehead atoms. The number of fused-ring (bicyclic) bond motifs is 1. The molecule has 0 aliphatic carbocycles. The first-order valence-corrected chi connectivity index (χ1v) is 13.1. The molecule has 28 heavy (non-hydrogen) atoms. The molecule has 3 rings (SSSR count). The van der Waals surface area contributed by atoms with Crippen LogP contribution in [0.15, 0.2) is 53.0 Å². The topological polar surface area (TPSA) is 17.8 Å². The maximum atomic E-state index is 4.89. The fourth-order valence-electron chi connectivity index (χ4n) is 4.56. The van der Waals surface area contributed by atoms with Crippen molar-refractivity contribution in [3.63, 3.8) is 0 Å². The van der Waals surface area contributed by atoms with Crippen molar-refractivity contribution in [1.29, 1.82) is 0 Å². The monoisotopic (exact) mass is 452 g/mol. The third-order valence-corrected chi connectivity index (χ3v) is 12.7. The van der Waals surface area contributed by atoms with Gasteiger partial charge in [-0.3, -0.25) is 4.57 Å². The third kappa shape index (κ3) is 3.71. The first kappa shape index (κ1) is 20.9. The molecule has 0 saturated carbocycles. The van der Waals surface area contributed by atoms with E-state index in [4.69, 9.17) is 4.98 Å². The van der Waals surface area contributed by atoms with Crippen LogP contribution in [0.1, 0.15) is 47.4 Å². The van der Waals surface area contributed by atoms with E-state index < -0.39 is 8.07 Å². The van der Waals surface area contributed by atoms with Crippen molar-refractivity contribution in [1.82, 2.24) is 9.55 Å². The first-order chi connectivity index (χ1) is 13.3. The first-order valence-electron chi connectivity index (χ1n) is 10.0. The van der Waals surface area contributed by atoms with Crippen LogP contribution in [-0.4, -0.2) is 17.6 Å². The fourth-order valence-corrected chi connectivity index (χ4v) is 10.0. The quantitative estimate of drug-likeness (QED) is 0.298.